The Morgan fingerprint density at radius 3 is 2.55 bits per heavy atom. The zero-order chi connectivity index (χ0) is 21.3. The minimum Gasteiger partial charge on any atom is -0.303 e. The SMILES string of the molecule is O=C(S)N=c1ccn(C2C=CCC=C2)nc1.O=CCc1cccc(C(F)(F)F)c1. The zero-order valence-electron chi connectivity index (χ0n) is 15.2. The van der Waals surface area contributed by atoms with E-state index in [1.807, 2.05) is 0 Å². The summed E-state index contributed by atoms with van der Waals surface area (Å²) in [6.45, 7) is 0. The van der Waals surface area contributed by atoms with E-state index in [1.54, 1.807) is 23.1 Å². The Morgan fingerprint density at radius 2 is 2.00 bits per heavy atom. The van der Waals surface area contributed by atoms with Gasteiger partial charge in [-0.25, -0.2) is 4.99 Å². The summed E-state index contributed by atoms with van der Waals surface area (Å²) in [7, 11) is 0. The molecule has 1 aliphatic carbocycles. The number of hydrogen-bond acceptors (Lipinski definition) is 3. The van der Waals surface area contributed by atoms with Crippen molar-refractivity contribution in [3.05, 3.63) is 83.5 Å². The van der Waals surface area contributed by atoms with Crippen molar-refractivity contribution in [3.63, 3.8) is 0 Å². The number of halogens is 3. The molecule has 9 heteroatoms. The van der Waals surface area contributed by atoms with Crippen LogP contribution in [0.2, 0.25) is 0 Å². The van der Waals surface area contributed by atoms with Gasteiger partial charge in [0, 0.05) is 12.6 Å². The van der Waals surface area contributed by atoms with Crippen LogP contribution in [0, 0.1) is 0 Å². The van der Waals surface area contributed by atoms with Gasteiger partial charge in [0.2, 0.25) is 0 Å². The Labute approximate surface area is 170 Å². The average Bonchev–Trinajstić information content (AvgIpc) is 2.69. The summed E-state index contributed by atoms with van der Waals surface area (Å²) in [6, 6.07) is 6.63. The number of benzene rings is 1. The molecule has 3 rings (SSSR count). The maximum absolute atomic E-state index is 12.1. The van der Waals surface area contributed by atoms with Gasteiger partial charge in [-0.2, -0.15) is 18.3 Å². The molecule has 0 aliphatic heterocycles. The lowest BCUT2D eigenvalue weighted by molar-refractivity contribution is -0.137. The highest BCUT2D eigenvalue weighted by Crippen LogP contribution is 2.29. The van der Waals surface area contributed by atoms with Gasteiger partial charge in [0.1, 0.15) is 6.29 Å². The number of carbonyl (C=O) groups is 2. The van der Waals surface area contributed by atoms with E-state index in [4.69, 9.17) is 0 Å². The molecule has 1 aromatic carbocycles. The van der Waals surface area contributed by atoms with Crippen LogP contribution < -0.4 is 5.36 Å². The summed E-state index contributed by atoms with van der Waals surface area (Å²) in [4.78, 5) is 24.4. The van der Waals surface area contributed by atoms with E-state index in [9.17, 15) is 22.8 Å². The number of nitrogens with zero attached hydrogens (tertiary/aromatic N) is 3. The number of carbonyl (C=O) groups excluding carboxylic acids is 2. The summed E-state index contributed by atoms with van der Waals surface area (Å²) >= 11 is 3.57. The highest BCUT2D eigenvalue weighted by atomic mass is 32.1. The summed E-state index contributed by atoms with van der Waals surface area (Å²) in [6.07, 6.45) is 8.91. The first-order valence-electron chi connectivity index (χ1n) is 8.55. The highest BCUT2D eigenvalue weighted by molar-refractivity contribution is 7.96. The molecule has 0 unspecified atom stereocenters. The molecule has 2 aromatic rings. The first-order valence-corrected chi connectivity index (χ1v) is 8.99. The van der Waals surface area contributed by atoms with E-state index >= 15 is 0 Å². The fourth-order valence-corrected chi connectivity index (χ4v) is 2.55. The lowest BCUT2D eigenvalue weighted by Gasteiger charge is -2.13. The van der Waals surface area contributed by atoms with Crippen molar-refractivity contribution in [1.29, 1.82) is 0 Å². The molecule has 0 N–H and O–H groups in total. The molecule has 0 radical (unpaired) electrons. The molecule has 0 atom stereocenters. The normalized spacial score (nSPS) is 14.3. The first-order chi connectivity index (χ1) is 13.8. The molecular formula is C20H18F3N3O2S. The molecule has 0 fully saturated rings. The van der Waals surface area contributed by atoms with E-state index in [0.29, 0.717) is 17.2 Å². The quantitative estimate of drug-likeness (QED) is 0.456. The number of allylic oxidation sites excluding steroid dienone is 4. The summed E-state index contributed by atoms with van der Waals surface area (Å²) in [5.41, 5.74) is -0.336. The van der Waals surface area contributed by atoms with Crippen LogP contribution in [0.15, 0.2) is 72.0 Å². The summed E-state index contributed by atoms with van der Waals surface area (Å²) in [5, 5.41) is 4.19. The minimum absolute atomic E-state index is 0.0178. The molecule has 0 bridgehead atoms. The maximum Gasteiger partial charge on any atom is 0.416 e. The second-order valence-corrected chi connectivity index (χ2v) is 6.29. The molecule has 5 nitrogen and oxygen atoms in total. The Morgan fingerprint density at radius 1 is 1.28 bits per heavy atom. The van der Waals surface area contributed by atoms with Crippen LogP contribution in [-0.2, 0) is 17.4 Å². The van der Waals surface area contributed by atoms with Gasteiger partial charge in [0.15, 0.2) is 0 Å². The van der Waals surface area contributed by atoms with Crippen molar-refractivity contribution in [1.82, 2.24) is 9.78 Å². The Balaban J connectivity index is 0.000000212. The van der Waals surface area contributed by atoms with Gasteiger partial charge in [-0.1, -0.05) is 55.1 Å². The third-order valence-corrected chi connectivity index (χ3v) is 3.86. The number of hydrogen-bond donors (Lipinski definition) is 1. The van der Waals surface area contributed by atoms with Crippen molar-refractivity contribution in [3.8, 4) is 0 Å². The van der Waals surface area contributed by atoms with Crippen LogP contribution in [0.25, 0.3) is 0 Å². The number of aldehydes is 1. The van der Waals surface area contributed by atoms with E-state index in [0.717, 1.165) is 18.6 Å². The van der Waals surface area contributed by atoms with Crippen molar-refractivity contribution in [2.75, 3.05) is 0 Å². The third kappa shape index (κ3) is 7.53. The smallest absolute Gasteiger partial charge is 0.303 e. The van der Waals surface area contributed by atoms with E-state index in [-0.39, 0.29) is 12.5 Å². The van der Waals surface area contributed by atoms with Gasteiger partial charge in [-0.05, 0) is 24.1 Å². The Bertz CT molecular complexity index is 949. The van der Waals surface area contributed by atoms with Crippen molar-refractivity contribution >= 4 is 24.2 Å². The van der Waals surface area contributed by atoms with Crippen LogP contribution in [0.4, 0.5) is 18.0 Å². The van der Waals surface area contributed by atoms with Crippen LogP contribution in [0.5, 0.6) is 0 Å². The monoisotopic (exact) mass is 421 g/mol. The Kier molecular flexibility index (Phi) is 8.14. The summed E-state index contributed by atoms with van der Waals surface area (Å²) < 4.78 is 38.2. The Hall–Kier alpha value is -2.94. The largest absolute Gasteiger partial charge is 0.416 e. The molecule has 0 saturated carbocycles. The second kappa shape index (κ2) is 10.6. The standard InChI is InChI=1S/C11H11N3OS.C9H7F3O/c15-11(16)13-9-6-7-14(12-8-9)10-4-2-1-3-5-10;10-9(11,12)8-3-1-2-7(6-8)4-5-13/h2-8,10H,1H2,(H,15,16);1-3,5-6H,4H2. The van der Waals surface area contributed by atoms with Gasteiger partial charge in [-0.3, -0.25) is 9.48 Å². The van der Waals surface area contributed by atoms with Crippen LogP contribution in [0.1, 0.15) is 23.6 Å². The summed E-state index contributed by atoms with van der Waals surface area (Å²) in [5.74, 6) is 0. The fraction of sp³-hybridized carbons (Fsp3) is 0.200. The number of alkyl halides is 3. The fourth-order valence-electron chi connectivity index (χ4n) is 2.44. The van der Waals surface area contributed by atoms with E-state index < -0.39 is 17.0 Å². The van der Waals surface area contributed by atoms with Gasteiger partial charge < -0.3 is 4.79 Å². The molecule has 1 heterocycles. The molecule has 0 spiro atoms. The third-order valence-electron chi connectivity index (χ3n) is 3.76. The van der Waals surface area contributed by atoms with Crippen molar-refractivity contribution < 1.29 is 22.8 Å². The van der Waals surface area contributed by atoms with Gasteiger partial charge in [0.25, 0.3) is 0 Å². The highest BCUT2D eigenvalue weighted by Gasteiger charge is 2.30. The van der Waals surface area contributed by atoms with Crippen LogP contribution in [-0.4, -0.2) is 21.3 Å². The predicted molar refractivity (Wildman–Crippen MR) is 105 cm³/mol. The molecular weight excluding hydrogens is 403 g/mol. The molecule has 0 saturated heterocycles. The predicted octanol–water partition coefficient (Wildman–Crippen LogP) is 4.34. The number of thiol groups is 1. The van der Waals surface area contributed by atoms with Gasteiger partial charge in [-0.15, -0.1) is 0 Å². The minimum atomic E-state index is -4.33. The number of amides is 1. The number of rotatable bonds is 3. The maximum atomic E-state index is 12.1. The van der Waals surface area contributed by atoms with E-state index in [2.05, 4.69) is 47.0 Å². The van der Waals surface area contributed by atoms with Gasteiger partial charge >= 0.3 is 11.4 Å². The van der Waals surface area contributed by atoms with Crippen molar-refractivity contribution in [2.45, 2.75) is 25.1 Å². The molecule has 1 aliphatic rings. The zero-order valence-corrected chi connectivity index (χ0v) is 16.1. The molecule has 29 heavy (non-hydrogen) atoms. The lowest BCUT2D eigenvalue weighted by Crippen LogP contribution is -2.14. The first kappa shape index (κ1) is 22.4. The second-order valence-electron chi connectivity index (χ2n) is 5.91. The van der Waals surface area contributed by atoms with E-state index in [1.165, 1.54) is 12.1 Å². The van der Waals surface area contributed by atoms with Crippen LogP contribution >= 0.6 is 12.6 Å². The van der Waals surface area contributed by atoms with Crippen LogP contribution in [0.3, 0.4) is 0 Å². The molecule has 152 valence electrons. The molecule has 1 amide bonds. The van der Waals surface area contributed by atoms with Gasteiger partial charge in [0.05, 0.1) is 23.2 Å². The molecule has 1 aromatic heterocycles. The van der Waals surface area contributed by atoms with Crippen molar-refractivity contribution in [2.24, 2.45) is 4.99 Å². The topological polar surface area (TPSA) is 64.3 Å². The average molecular weight is 421 g/mol. The number of aromatic nitrogens is 2. The lowest BCUT2D eigenvalue weighted by atomic mass is 10.1.